The van der Waals surface area contributed by atoms with E-state index in [9.17, 15) is 4.79 Å². The lowest BCUT2D eigenvalue weighted by atomic mass is 9.81. The molecule has 2 aromatic rings. The van der Waals surface area contributed by atoms with Crippen molar-refractivity contribution in [3.8, 4) is 0 Å². The predicted molar refractivity (Wildman–Crippen MR) is 123 cm³/mol. The molecule has 1 aliphatic heterocycles. The molecule has 1 aromatic heterocycles. The van der Waals surface area contributed by atoms with Crippen molar-refractivity contribution in [1.82, 2.24) is 15.8 Å². The Morgan fingerprint density at radius 2 is 1.97 bits per heavy atom. The summed E-state index contributed by atoms with van der Waals surface area (Å²) in [6.07, 6.45) is 8.61. The Kier molecular flexibility index (Phi) is 7.62. The lowest BCUT2D eigenvalue weighted by Crippen LogP contribution is -2.42. The van der Waals surface area contributed by atoms with Crippen LogP contribution in [-0.4, -0.2) is 37.2 Å². The van der Waals surface area contributed by atoms with Crippen LogP contribution in [0.3, 0.4) is 0 Å². The van der Waals surface area contributed by atoms with Gasteiger partial charge in [0.05, 0.1) is 12.2 Å². The van der Waals surface area contributed by atoms with Crippen LogP contribution in [0.2, 0.25) is 0 Å². The molecule has 31 heavy (non-hydrogen) atoms. The first-order chi connectivity index (χ1) is 15.2. The highest BCUT2D eigenvalue weighted by atomic mass is 16.5. The highest BCUT2D eigenvalue weighted by Crippen LogP contribution is 2.27. The molecule has 2 N–H and O–H groups in total. The minimum absolute atomic E-state index is 0.231. The van der Waals surface area contributed by atoms with Crippen molar-refractivity contribution in [3.05, 3.63) is 47.9 Å². The Morgan fingerprint density at radius 3 is 2.77 bits per heavy atom. The summed E-state index contributed by atoms with van der Waals surface area (Å²) in [6, 6.07) is 12.8. The van der Waals surface area contributed by atoms with Gasteiger partial charge in [-0.15, -0.1) is 0 Å². The van der Waals surface area contributed by atoms with Crippen LogP contribution in [0.1, 0.15) is 56.4 Å². The van der Waals surface area contributed by atoms with Gasteiger partial charge in [-0.1, -0.05) is 42.6 Å². The van der Waals surface area contributed by atoms with Gasteiger partial charge in [0.2, 0.25) is 5.91 Å². The maximum Gasteiger partial charge on any atom is 0.220 e. The smallest absolute Gasteiger partial charge is 0.220 e. The third-order valence-electron chi connectivity index (χ3n) is 6.85. The Morgan fingerprint density at radius 1 is 1.16 bits per heavy atom. The molecule has 0 bridgehead atoms. The minimum atomic E-state index is 0.231. The fraction of sp³-hybridized carbons (Fsp3) is 0.600. The van der Waals surface area contributed by atoms with Crippen LogP contribution in [0, 0.1) is 11.8 Å². The Labute approximate surface area is 185 Å². The summed E-state index contributed by atoms with van der Waals surface area (Å²) in [4.78, 5) is 14.8. The van der Waals surface area contributed by atoms with Crippen molar-refractivity contribution in [2.45, 2.75) is 64.0 Å². The van der Waals surface area contributed by atoms with E-state index >= 15 is 0 Å². The molecule has 1 amide bonds. The van der Waals surface area contributed by atoms with Gasteiger partial charge in [0, 0.05) is 31.3 Å². The zero-order valence-electron chi connectivity index (χ0n) is 18.7. The van der Waals surface area contributed by atoms with Crippen molar-refractivity contribution < 1.29 is 9.32 Å². The first kappa shape index (κ1) is 21.9. The van der Waals surface area contributed by atoms with E-state index in [1.165, 1.54) is 19.3 Å². The predicted octanol–water partition coefficient (Wildman–Crippen LogP) is 3.92. The normalized spacial score (nSPS) is 22.2. The molecule has 1 aliphatic carbocycles. The number of nitrogens with zero attached hydrogens (tertiary/aromatic N) is 2. The summed E-state index contributed by atoms with van der Waals surface area (Å²) in [5.74, 6) is 1.92. The quantitative estimate of drug-likeness (QED) is 0.672. The van der Waals surface area contributed by atoms with E-state index in [-0.39, 0.29) is 5.91 Å². The number of hydrogen-bond acceptors (Lipinski definition) is 5. The number of para-hydroxylation sites is 1. The first-order valence-corrected chi connectivity index (χ1v) is 11.9. The molecule has 2 aliphatic rings. The van der Waals surface area contributed by atoms with Gasteiger partial charge in [0.1, 0.15) is 0 Å². The van der Waals surface area contributed by atoms with Gasteiger partial charge in [-0.3, -0.25) is 4.79 Å². The summed E-state index contributed by atoms with van der Waals surface area (Å²) in [7, 11) is 2.06. The number of nitrogens with one attached hydrogen (secondary N) is 2. The summed E-state index contributed by atoms with van der Waals surface area (Å²) in [5, 5.41) is 11.1. The molecule has 1 saturated heterocycles. The van der Waals surface area contributed by atoms with Crippen LogP contribution in [0.15, 0.2) is 40.9 Å². The van der Waals surface area contributed by atoms with E-state index in [2.05, 4.69) is 45.9 Å². The number of aromatic nitrogens is 1. The molecule has 4 rings (SSSR count). The summed E-state index contributed by atoms with van der Waals surface area (Å²) >= 11 is 0. The topological polar surface area (TPSA) is 70.4 Å². The van der Waals surface area contributed by atoms with Crippen molar-refractivity contribution in [1.29, 1.82) is 0 Å². The summed E-state index contributed by atoms with van der Waals surface area (Å²) in [6.45, 7) is 2.62. The molecular weight excluding hydrogens is 388 g/mol. The zero-order valence-corrected chi connectivity index (χ0v) is 18.7. The zero-order chi connectivity index (χ0) is 21.5. The van der Waals surface area contributed by atoms with Gasteiger partial charge in [-0.05, 0) is 62.7 Å². The molecule has 0 unspecified atom stereocenters. The third-order valence-corrected chi connectivity index (χ3v) is 6.85. The second kappa shape index (κ2) is 10.8. The lowest BCUT2D eigenvalue weighted by molar-refractivity contribution is -0.123. The number of carbonyl (C=O) groups is 1. The van der Waals surface area contributed by atoms with Crippen molar-refractivity contribution in [2.75, 3.05) is 25.0 Å². The van der Waals surface area contributed by atoms with Crippen LogP contribution in [-0.2, 0) is 17.8 Å². The van der Waals surface area contributed by atoms with E-state index in [0.29, 0.717) is 30.8 Å². The number of rotatable bonds is 8. The van der Waals surface area contributed by atoms with Gasteiger partial charge in [0.15, 0.2) is 5.76 Å². The summed E-state index contributed by atoms with van der Waals surface area (Å²) < 4.78 is 5.62. The van der Waals surface area contributed by atoms with Crippen molar-refractivity contribution >= 4 is 11.6 Å². The monoisotopic (exact) mass is 424 g/mol. The van der Waals surface area contributed by atoms with Crippen LogP contribution in [0.5, 0.6) is 0 Å². The van der Waals surface area contributed by atoms with E-state index in [0.717, 1.165) is 55.9 Å². The summed E-state index contributed by atoms with van der Waals surface area (Å²) in [5.41, 5.74) is 2.14. The fourth-order valence-corrected chi connectivity index (χ4v) is 5.06. The molecule has 2 heterocycles. The maximum absolute atomic E-state index is 12.7. The average Bonchev–Trinajstić information content (AvgIpc) is 3.23. The SMILES string of the molecule is CN(Cc1cc(C[C@@H]2CNCC[C@H]2CC(=O)NC2CCCCC2)no1)c1ccccc1. The number of amides is 1. The number of carbonyl (C=O) groups excluding carboxylic acids is 1. The Balaban J connectivity index is 1.30. The number of benzene rings is 1. The second-order valence-electron chi connectivity index (χ2n) is 9.30. The molecule has 2 atom stereocenters. The first-order valence-electron chi connectivity index (χ1n) is 11.9. The van der Waals surface area contributed by atoms with Crippen LogP contribution < -0.4 is 15.5 Å². The van der Waals surface area contributed by atoms with Crippen molar-refractivity contribution in [3.63, 3.8) is 0 Å². The highest BCUT2D eigenvalue weighted by molar-refractivity contribution is 5.76. The second-order valence-corrected chi connectivity index (χ2v) is 9.30. The van der Waals surface area contributed by atoms with Crippen molar-refractivity contribution in [2.24, 2.45) is 11.8 Å². The molecule has 6 nitrogen and oxygen atoms in total. The van der Waals surface area contributed by atoms with E-state index in [1.807, 2.05) is 18.2 Å². The van der Waals surface area contributed by atoms with Crippen LogP contribution >= 0.6 is 0 Å². The molecule has 1 aromatic carbocycles. The van der Waals surface area contributed by atoms with Crippen LogP contribution in [0.25, 0.3) is 0 Å². The third kappa shape index (κ3) is 6.33. The number of piperidine rings is 1. The minimum Gasteiger partial charge on any atom is -0.367 e. The average molecular weight is 425 g/mol. The molecule has 1 saturated carbocycles. The standard InChI is InChI=1S/C25H36N4O2/c1-29(23-10-6-3-7-11-23)18-24-16-22(28-31-24)14-20-17-26-13-12-19(20)15-25(30)27-21-8-4-2-5-9-21/h3,6-7,10-11,16,19-21,26H,2,4-5,8-9,12-15,17-18H2,1H3,(H,27,30)/t19-,20+/m0/s1. The van der Waals surface area contributed by atoms with Gasteiger partial charge < -0.3 is 20.1 Å². The molecular formula is C25H36N4O2. The van der Waals surface area contributed by atoms with Gasteiger partial charge in [-0.25, -0.2) is 0 Å². The highest BCUT2D eigenvalue weighted by Gasteiger charge is 2.29. The molecule has 0 spiro atoms. The van der Waals surface area contributed by atoms with E-state index < -0.39 is 0 Å². The van der Waals surface area contributed by atoms with E-state index in [1.54, 1.807) is 0 Å². The molecule has 0 radical (unpaired) electrons. The van der Waals surface area contributed by atoms with Gasteiger partial charge in [0.25, 0.3) is 0 Å². The Bertz CT molecular complexity index is 816. The van der Waals surface area contributed by atoms with E-state index in [4.69, 9.17) is 4.52 Å². The maximum atomic E-state index is 12.7. The largest absolute Gasteiger partial charge is 0.367 e. The molecule has 168 valence electrons. The fourth-order valence-electron chi connectivity index (χ4n) is 5.06. The Hall–Kier alpha value is -2.34. The molecule has 2 fully saturated rings. The van der Waals surface area contributed by atoms with Gasteiger partial charge in [-0.2, -0.15) is 0 Å². The van der Waals surface area contributed by atoms with Gasteiger partial charge >= 0.3 is 0 Å². The molecule has 6 heteroatoms. The lowest BCUT2D eigenvalue weighted by Gasteiger charge is -2.32. The van der Waals surface area contributed by atoms with Crippen LogP contribution in [0.4, 0.5) is 5.69 Å². The number of hydrogen-bond donors (Lipinski definition) is 2. The number of anilines is 1.